The van der Waals surface area contributed by atoms with E-state index in [2.05, 4.69) is 21.2 Å². The van der Waals surface area contributed by atoms with Crippen molar-refractivity contribution >= 4 is 15.9 Å². The van der Waals surface area contributed by atoms with Crippen molar-refractivity contribution in [2.45, 2.75) is 6.04 Å². The number of halogens is 1. The minimum atomic E-state index is 0.126. The summed E-state index contributed by atoms with van der Waals surface area (Å²) < 4.78 is 11.1. The largest absolute Gasteiger partial charge is 0.453 e. The zero-order valence-electron chi connectivity index (χ0n) is 7.13. The first-order chi connectivity index (χ1) is 5.77. The average Bonchev–Trinajstić information content (AvgIpc) is 2.47. The van der Waals surface area contributed by atoms with Crippen LogP contribution in [0.4, 0.5) is 0 Å². The zero-order chi connectivity index (χ0) is 8.97. The molecule has 1 heterocycles. The molecule has 12 heavy (non-hydrogen) atoms. The molecule has 0 aliphatic carbocycles. The molecule has 68 valence electrons. The minimum Gasteiger partial charge on any atom is -0.453 e. The van der Waals surface area contributed by atoms with Crippen LogP contribution >= 0.6 is 15.9 Å². The summed E-state index contributed by atoms with van der Waals surface area (Å²) in [6.07, 6.45) is 0. The zero-order valence-corrected chi connectivity index (χ0v) is 8.72. The van der Waals surface area contributed by atoms with Crippen molar-refractivity contribution < 1.29 is 9.15 Å². The van der Waals surface area contributed by atoms with E-state index in [1.807, 2.05) is 19.2 Å². The molecule has 1 atom stereocenters. The second-order valence-corrected chi connectivity index (χ2v) is 3.22. The van der Waals surface area contributed by atoms with E-state index in [9.17, 15) is 0 Å². The Morgan fingerprint density at radius 1 is 1.67 bits per heavy atom. The lowest BCUT2D eigenvalue weighted by atomic mass is 10.2. The van der Waals surface area contributed by atoms with Crippen LogP contribution in [0.3, 0.4) is 0 Å². The molecule has 4 heteroatoms. The van der Waals surface area contributed by atoms with Crippen molar-refractivity contribution in [3.63, 3.8) is 0 Å². The normalized spacial score (nSPS) is 13.2. The molecule has 1 aromatic heterocycles. The van der Waals surface area contributed by atoms with E-state index >= 15 is 0 Å². The van der Waals surface area contributed by atoms with E-state index in [1.54, 1.807) is 7.11 Å². The lowest BCUT2D eigenvalue weighted by molar-refractivity contribution is 0.160. The summed E-state index contributed by atoms with van der Waals surface area (Å²) in [7, 11) is 3.54. The summed E-state index contributed by atoms with van der Waals surface area (Å²) in [6.45, 7) is 0.608. The summed E-state index contributed by atoms with van der Waals surface area (Å²) in [6, 6.07) is 3.92. The van der Waals surface area contributed by atoms with Gasteiger partial charge < -0.3 is 14.5 Å². The van der Waals surface area contributed by atoms with Gasteiger partial charge >= 0.3 is 0 Å². The quantitative estimate of drug-likeness (QED) is 0.864. The minimum absolute atomic E-state index is 0.126. The van der Waals surface area contributed by atoms with E-state index in [-0.39, 0.29) is 6.04 Å². The Bertz CT molecular complexity index is 237. The maximum Gasteiger partial charge on any atom is 0.169 e. The molecule has 0 saturated carbocycles. The third-order valence-corrected chi connectivity index (χ3v) is 2.05. The molecular formula is C8H12BrNO2. The molecule has 0 aliphatic rings. The molecule has 0 aromatic carbocycles. The fourth-order valence-corrected chi connectivity index (χ4v) is 1.31. The first-order valence-corrected chi connectivity index (χ1v) is 4.48. The number of furan rings is 1. The molecule has 1 N–H and O–H groups in total. The highest BCUT2D eigenvalue weighted by Gasteiger charge is 2.12. The number of ether oxygens (including phenoxy) is 1. The van der Waals surface area contributed by atoms with E-state index in [0.29, 0.717) is 6.61 Å². The SMILES string of the molecule is CNC(COC)c1ccc(Br)o1. The monoisotopic (exact) mass is 233 g/mol. The molecule has 0 radical (unpaired) electrons. The Kier molecular flexibility index (Phi) is 3.78. The number of likely N-dealkylation sites (N-methyl/N-ethyl adjacent to an activating group) is 1. The van der Waals surface area contributed by atoms with Gasteiger partial charge in [-0.2, -0.15) is 0 Å². The van der Waals surface area contributed by atoms with Gasteiger partial charge in [0, 0.05) is 7.11 Å². The number of rotatable bonds is 4. The van der Waals surface area contributed by atoms with Gasteiger partial charge in [0.25, 0.3) is 0 Å². The van der Waals surface area contributed by atoms with Gasteiger partial charge in [-0.1, -0.05) is 0 Å². The van der Waals surface area contributed by atoms with Gasteiger partial charge in [0.1, 0.15) is 5.76 Å². The highest BCUT2D eigenvalue weighted by molar-refractivity contribution is 9.10. The van der Waals surface area contributed by atoms with Gasteiger partial charge in [-0.3, -0.25) is 0 Å². The molecule has 0 aliphatic heterocycles. The van der Waals surface area contributed by atoms with E-state index in [1.165, 1.54) is 0 Å². The molecule has 0 bridgehead atoms. The molecule has 3 nitrogen and oxygen atoms in total. The standard InChI is InChI=1S/C8H12BrNO2/c1-10-6(5-11-2)7-3-4-8(9)12-7/h3-4,6,10H,5H2,1-2H3. The number of hydrogen-bond donors (Lipinski definition) is 1. The van der Waals surface area contributed by atoms with Gasteiger partial charge in [-0.25, -0.2) is 0 Å². The second kappa shape index (κ2) is 4.64. The van der Waals surface area contributed by atoms with Gasteiger partial charge in [0.15, 0.2) is 4.67 Å². The molecule has 1 rings (SSSR count). The van der Waals surface area contributed by atoms with E-state index < -0.39 is 0 Å². The highest BCUT2D eigenvalue weighted by Crippen LogP contribution is 2.20. The number of hydrogen-bond acceptors (Lipinski definition) is 3. The second-order valence-electron chi connectivity index (χ2n) is 2.44. The van der Waals surface area contributed by atoms with Crippen molar-refractivity contribution in [2.75, 3.05) is 20.8 Å². The molecule has 0 fully saturated rings. The predicted molar refractivity (Wildman–Crippen MR) is 50.1 cm³/mol. The molecular weight excluding hydrogens is 222 g/mol. The van der Waals surface area contributed by atoms with Crippen molar-refractivity contribution in [3.05, 3.63) is 22.6 Å². The van der Waals surface area contributed by atoms with Crippen LogP contribution in [-0.2, 0) is 4.74 Å². The van der Waals surface area contributed by atoms with Crippen LogP contribution in [0.25, 0.3) is 0 Å². The van der Waals surface area contributed by atoms with Crippen molar-refractivity contribution in [3.8, 4) is 0 Å². The van der Waals surface area contributed by atoms with Crippen LogP contribution in [0.15, 0.2) is 21.2 Å². The summed E-state index contributed by atoms with van der Waals surface area (Å²) in [5.41, 5.74) is 0. The fourth-order valence-electron chi connectivity index (χ4n) is 0.990. The van der Waals surface area contributed by atoms with Crippen molar-refractivity contribution in [1.82, 2.24) is 5.32 Å². The third-order valence-electron chi connectivity index (χ3n) is 1.62. The van der Waals surface area contributed by atoms with Crippen LogP contribution in [0.2, 0.25) is 0 Å². The third kappa shape index (κ3) is 2.33. The summed E-state index contributed by atoms with van der Waals surface area (Å²) in [4.78, 5) is 0. The lowest BCUT2D eigenvalue weighted by Gasteiger charge is -2.11. The molecule has 0 amide bonds. The van der Waals surface area contributed by atoms with Gasteiger partial charge in [-0.05, 0) is 35.1 Å². The average molecular weight is 234 g/mol. The Balaban J connectivity index is 2.66. The molecule has 0 saturated heterocycles. The maximum atomic E-state index is 5.36. The highest BCUT2D eigenvalue weighted by atomic mass is 79.9. The number of methoxy groups -OCH3 is 1. The summed E-state index contributed by atoms with van der Waals surface area (Å²) >= 11 is 3.25. The number of nitrogens with one attached hydrogen (secondary N) is 1. The van der Waals surface area contributed by atoms with Gasteiger partial charge in [0.2, 0.25) is 0 Å². The fraction of sp³-hybridized carbons (Fsp3) is 0.500. The van der Waals surface area contributed by atoms with Crippen molar-refractivity contribution in [2.24, 2.45) is 0 Å². The summed E-state index contributed by atoms with van der Waals surface area (Å²) in [5, 5.41) is 3.09. The molecule has 1 aromatic rings. The van der Waals surface area contributed by atoms with Crippen LogP contribution < -0.4 is 5.32 Å². The van der Waals surface area contributed by atoms with Crippen LogP contribution in [0, 0.1) is 0 Å². The predicted octanol–water partition coefficient (Wildman–Crippen LogP) is 1.95. The Hall–Kier alpha value is -0.320. The lowest BCUT2D eigenvalue weighted by Crippen LogP contribution is -2.20. The van der Waals surface area contributed by atoms with Gasteiger partial charge in [0.05, 0.1) is 12.6 Å². The first-order valence-electron chi connectivity index (χ1n) is 3.69. The Morgan fingerprint density at radius 3 is 2.83 bits per heavy atom. The molecule has 0 spiro atoms. The van der Waals surface area contributed by atoms with E-state index in [4.69, 9.17) is 9.15 Å². The first kappa shape index (κ1) is 9.77. The van der Waals surface area contributed by atoms with Crippen LogP contribution in [0.1, 0.15) is 11.8 Å². The molecule has 1 unspecified atom stereocenters. The Labute approximate surface area is 80.2 Å². The topological polar surface area (TPSA) is 34.4 Å². The van der Waals surface area contributed by atoms with Crippen LogP contribution in [0.5, 0.6) is 0 Å². The van der Waals surface area contributed by atoms with E-state index in [0.717, 1.165) is 10.4 Å². The van der Waals surface area contributed by atoms with Crippen molar-refractivity contribution in [1.29, 1.82) is 0 Å². The Morgan fingerprint density at radius 2 is 2.42 bits per heavy atom. The van der Waals surface area contributed by atoms with Gasteiger partial charge in [-0.15, -0.1) is 0 Å². The maximum absolute atomic E-state index is 5.36. The van der Waals surface area contributed by atoms with Crippen LogP contribution in [-0.4, -0.2) is 20.8 Å². The summed E-state index contributed by atoms with van der Waals surface area (Å²) in [5.74, 6) is 0.881. The smallest absolute Gasteiger partial charge is 0.169 e.